The van der Waals surface area contributed by atoms with Crippen LogP contribution in [-0.2, 0) is 0 Å². The molecule has 0 aliphatic carbocycles. The first kappa shape index (κ1) is 9.48. The SMILES string of the molecule is O=C(O)c1c(Br)ccn2c(Cl)cnc12. The van der Waals surface area contributed by atoms with Crippen molar-refractivity contribution in [3.63, 3.8) is 0 Å². The summed E-state index contributed by atoms with van der Waals surface area (Å²) in [6, 6.07) is 1.62. The summed E-state index contributed by atoms with van der Waals surface area (Å²) in [4.78, 5) is 14.8. The maximum absolute atomic E-state index is 10.9. The number of carbonyl (C=O) groups is 1. The van der Waals surface area contributed by atoms with Crippen molar-refractivity contribution in [3.8, 4) is 0 Å². The molecule has 4 nitrogen and oxygen atoms in total. The number of hydrogen-bond acceptors (Lipinski definition) is 2. The van der Waals surface area contributed by atoms with Crippen molar-refractivity contribution in [1.29, 1.82) is 0 Å². The van der Waals surface area contributed by atoms with Crippen molar-refractivity contribution < 1.29 is 9.90 Å². The normalized spacial score (nSPS) is 10.7. The highest BCUT2D eigenvalue weighted by Gasteiger charge is 2.15. The molecule has 2 aromatic heterocycles. The third-order valence-electron chi connectivity index (χ3n) is 1.80. The van der Waals surface area contributed by atoms with Crippen molar-refractivity contribution in [2.24, 2.45) is 0 Å². The Morgan fingerprint density at radius 3 is 3.00 bits per heavy atom. The summed E-state index contributed by atoms with van der Waals surface area (Å²) in [5, 5.41) is 9.33. The van der Waals surface area contributed by atoms with Gasteiger partial charge in [-0.1, -0.05) is 11.6 Å². The van der Waals surface area contributed by atoms with Crippen LogP contribution in [0.4, 0.5) is 0 Å². The lowest BCUT2D eigenvalue weighted by molar-refractivity contribution is 0.0697. The molecule has 14 heavy (non-hydrogen) atoms. The molecule has 0 amide bonds. The van der Waals surface area contributed by atoms with Crippen LogP contribution in [0.15, 0.2) is 22.9 Å². The van der Waals surface area contributed by atoms with E-state index in [1.807, 2.05) is 0 Å². The second-order valence-electron chi connectivity index (χ2n) is 2.62. The molecule has 0 saturated carbocycles. The molecule has 2 heterocycles. The lowest BCUT2D eigenvalue weighted by Crippen LogP contribution is -2.02. The summed E-state index contributed by atoms with van der Waals surface area (Å²) < 4.78 is 2.00. The second-order valence-corrected chi connectivity index (χ2v) is 3.86. The van der Waals surface area contributed by atoms with E-state index in [0.717, 1.165) is 0 Å². The molecule has 72 valence electrons. The summed E-state index contributed by atoms with van der Waals surface area (Å²) in [6.07, 6.45) is 3.07. The van der Waals surface area contributed by atoms with Gasteiger partial charge >= 0.3 is 5.97 Å². The minimum atomic E-state index is -1.04. The molecule has 0 unspecified atom stereocenters. The largest absolute Gasteiger partial charge is 0.478 e. The fraction of sp³-hybridized carbons (Fsp3) is 0. The number of aromatic nitrogens is 2. The Hall–Kier alpha value is -1.07. The number of carboxylic acid groups (broad SMARTS) is 1. The number of hydrogen-bond donors (Lipinski definition) is 1. The van der Waals surface area contributed by atoms with Gasteiger partial charge in [0.2, 0.25) is 0 Å². The molecule has 6 heteroatoms. The predicted molar refractivity (Wildman–Crippen MR) is 54.9 cm³/mol. The second kappa shape index (κ2) is 3.25. The summed E-state index contributed by atoms with van der Waals surface area (Å²) in [7, 11) is 0. The molecular formula is C8H4BrClN2O2. The van der Waals surface area contributed by atoms with Gasteiger partial charge in [0, 0.05) is 10.7 Å². The van der Waals surface area contributed by atoms with Crippen LogP contribution in [0.5, 0.6) is 0 Å². The van der Waals surface area contributed by atoms with Gasteiger partial charge in [-0.05, 0) is 22.0 Å². The summed E-state index contributed by atoms with van der Waals surface area (Å²) in [5.41, 5.74) is 0.441. The van der Waals surface area contributed by atoms with Crippen LogP contribution in [0, 0.1) is 0 Å². The molecule has 0 aliphatic heterocycles. The van der Waals surface area contributed by atoms with Gasteiger partial charge in [0.05, 0.1) is 6.20 Å². The lowest BCUT2D eigenvalue weighted by Gasteiger charge is -2.01. The van der Waals surface area contributed by atoms with Crippen molar-refractivity contribution in [2.75, 3.05) is 0 Å². The van der Waals surface area contributed by atoms with Gasteiger partial charge < -0.3 is 5.11 Å². The number of aromatic carboxylic acids is 1. The summed E-state index contributed by atoms with van der Waals surface area (Å²) >= 11 is 8.94. The zero-order chi connectivity index (χ0) is 10.3. The highest BCUT2D eigenvalue weighted by molar-refractivity contribution is 9.10. The number of rotatable bonds is 1. The molecular weight excluding hydrogens is 271 g/mol. The predicted octanol–water partition coefficient (Wildman–Crippen LogP) is 2.45. The topological polar surface area (TPSA) is 54.6 Å². The molecule has 0 atom stereocenters. The Labute approximate surface area is 92.3 Å². The van der Waals surface area contributed by atoms with Crippen LogP contribution < -0.4 is 0 Å². The van der Waals surface area contributed by atoms with E-state index < -0.39 is 5.97 Å². The van der Waals surface area contributed by atoms with Crippen molar-refractivity contribution in [1.82, 2.24) is 9.38 Å². The maximum atomic E-state index is 10.9. The van der Waals surface area contributed by atoms with Gasteiger partial charge in [0.1, 0.15) is 10.7 Å². The Bertz CT molecular complexity index is 523. The fourth-order valence-electron chi connectivity index (χ4n) is 1.19. The average Bonchev–Trinajstić information content (AvgIpc) is 2.47. The molecule has 1 N–H and O–H groups in total. The molecule has 2 rings (SSSR count). The van der Waals surface area contributed by atoms with Crippen LogP contribution in [0.25, 0.3) is 5.65 Å². The highest BCUT2D eigenvalue weighted by atomic mass is 79.9. The third-order valence-corrected chi connectivity index (χ3v) is 2.74. The van der Waals surface area contributed by atoms with E-state index in [1.54, 1.807) is 12.3 Å². The quantitative estimate of drug-likeness (QED) is 0.870. The van der Waals surface area contributed by atoms with Gasteiger partial charge in [0.15, 0.2) is 5.65 Å². The van der Waals surface area contributed by atoms with Crippen molar-refractivity contribution in [2.45, 2.75) is 0 Å². The monoisotopic (exact) mass is 274 g/mol. The Kier molecular flexibility index (Phi) is 2.20. The zero-order valence-electron chi connectivity index (χ0n) is 6.74. The standard InChI is InChI=1S/C8H4BrClN2O2/c9-4-1-2-12-5(10)3-11-7(12)6(4)8(13)14/h1-3H,(H,13,14). The Morgan fingerprint density at radius 1 is 1.64 bits per heavy atom. The van der Waals surface area contributed by atoms with Gasteiger partial charge in [-0.15, -0.1) is 0 Å². The summed E-state index contributed by atoms with van der Waals surface area (Å²) in [6.45, 7) is 0. The number of halogens is 2. The van der Waals surface area contributed by atoms with E-state index in [-0.39, 0.29) is 5.56 Å². The smallest absolute Gasteiger partial charge is 0.340 e. The van der Waals surface area contributed by atoms with Crippen LogP contribution in [0.1, 0.15) is 10.4 Å². The van der Waals surface area contributed by atoms with E-state index in [0.29, 0.717) is 15.3 Å². The van der Waals surface area contributed by atoms with E-state index in [9.17, 15) is 4.79 Å². The van der Waals surface area contributed by atoms with Gasteiger partial charge in [-0.3, -0.25) is 4.40 Å². The van der Waals surface area contributed by atoms with Crippen LogP contribution in [-0.4, -0.2) is 20.5 Å². The first-order chi connectivity index (χ1) is 6.61. The van der Waals surface area contributed by atoms with Crippen LogP contribution in [0.2, 0.25) is 5.15 Å². The number of nitrogens with zero attached hydrogens (tertiary/aromatic N) is 2. The number of carboxylic acids is 1. The number of pyridine rings is 1. The first-order valence-electron chi connectivity index (χ1n) is 3.65. The molecule has 0 aliphatic rings. The zero-order valence-corrected chi connectivity index (χ0v) is 9.08. The maximum Gasteiger partial charge on any atom is 0.340 e. The number of imidazole rings is 1. The first-order valence-corrected chi connectivity index (χ1v) is 4.82. The van der Waals surface area contributed by atoms with Gasteiger partial charge in [-0.2, -0.15) is 0 Å². The molecule has 0 fully saturated rings. The summed E-state index contributed by atoms with van der Waals surface area (Å²) in [5.74, 6) is -1.04. The Morgan fingerprint density at radius 2 is 2.36 bits per heavy atom. The fourth-order valence-corrected chi connectivity index (χ4v) is 1.85. The van der Waals surface area contributed by atoms with E-state index in [2.05, 4.69) is 20.9 Å². The van der Waals surface area contributed by atoms with Crippen molar-refractivity contribution >= 4 is 39.1 Å². The Balaban J connectivity index is 2.90. The van der Waals surface area contributed by atoms with Gasteiger partial charge in [0.25, 0.3) is 0 Å². The molecule has 0 radical (unpaired) electrons. The third kappa shape index (κ3) is 1.29. The van der Waals surface area contributed by atoms with Gasteiger partial charge in [-0.25, -0.2) is 9.78 Å². The van der Waals surface area contributed by atoms with Crippen LogP contribution in [0.3, 0.4) is 0 Å². The van der Waals surface area contributed by atoms with Crippen LogP contribution >= 0.6 is 27.5 Å². The average molecular weight is 275 g/mol. The molecule has 0 spiro atoms. The highest BCUT2D eigenvalue weighted by Crippen LogP contribution is 2.23. The molecule has 2 aromatic rings. The van der Waals surface area contributed by atoms with Crippen molar-refractivity contribution in [3.05, 3.63) is 33.6 Å². The van der Waals surface area contributed by atoms with E-state index in [4.69, 9.17) is 16.7 Å². The molecule has 0 saturated heterocycles. The van der Waals surface area contributed by atoms with E-state index in [1.165, 1.54) is 10.6 Å². The molecule has 0 bridgehead atoms. The minimum Gasteiger partial charge on any atom is -0.478 e. The number of fused-ring (bicyclic) bond motifs is 1. The van der Waals surface area contributed by atoms with E-state index >= 15 is 0 Å². The minimum absolute atomic E-state index is 0.111. The lowest BCUT2D eigenvalue weighted by atomic mass is 10.3. The molecule has 0 aromatic carbocycles.